The van der Waals surface area contributed by atoms with Crippen molar-refractivity contribution in [2.75, 3.05) is 32.2 Å². The minimum Gasteiger partial charge on any atom is -0.489 e. The Balaban J connectivity index is 1.64. The monoisotopic (exact) mass is 398 g/mol. The van der Waals surface area contributed by atoms with Crippen LogP contribution in [0.15, 0.2) is 48.5 Å². The molecule has 0 fully saturated rings. The summed E-state index contributed by atoms with van der Waals surface area (Å²) in [5, 5.41) is 9.20. The van der Waals surface area contributed by atoms with Crippen molar-refractivity contribution in [3.05, 3.63) is 59.7 Å². The molecule has 2 atom stereocenters. The summed E-state index contributed by atoms with van der Waals surface area (Å²) in [5.74, 6) is -0.344. The van der Waals surface area contributed by atoms with E-state index in [1.165, 1.54) is 0 Å². The minimum absolute atomic E-state index is 0.0294. The number of likely N-dealkylation sites (N-methyl/N-ethyl adjacent to an activating group) is 2. The normalized spacial score (nSPS) is 17.1. The molecule has 2 aromatic rings. The lowest BCUT2D eigenvalue weighted by atomic mass is 10.1. The zero-order valence-corrected chi connectivity index (χ0v) is 16.9. The van der Waals surface area contributed by atoms with Crippen LogP contribution < -0.4 is 9.64 Å². The number of ether oxygens (including phenoxy) is 2. The lowest BCUT2D eigenvalue weighted by Gasteiger charge is -2.41. The molecule has 1 N–H and O–H groups in total. The molecule has 154 valence electrons. The number of carboxylic acids is 1. The molecule has 7 nitrogen and oxygen atoms in total. The van der Waals surface area contributed by atoms with Crippen LogP contribution >= 0.6 is 0 Å². The van der Waals surface area contributed by atoms with Gasteiger partial charge in [0.2, 0.25) is 0 Å². The maximum atomic E-state index is 12.6. The van der Waals surface area contributed by atoms with Crippen LogP contribution in [0.3, 0.4) is 0 Å². The number of carbonyl (C=O) groups excluding carboxylic acids is 1. The summed E-state index contributed by atoms with van der Waals surface area (Å²) in [4.78, 5) is 27.6. The number of carboxylic acid groups (broad SMARTS) is 1. The first-order valence-electron chi connectivity index (χ1n) is 9.57. The number of fused-ring (bicyclic) bond motifs is 1. The fraction of sp³-hybridized carbons (Fsp3) is 0.364. The number of hydrogen-bond acceptors (Lipinski definition) is 5. The summed E-state index contributed by atoms with van der Waals surface area (Å²) in [6.07, 6.45) is -0.795. The highest BCUT2D eigenvalue weighted by Gasteiger charge is 2.33. The number of benzene rings is 2. The number of amides is 1. The van der Waals surface area contributed by atoms with Gasteiger partial charge >= 0.3 is 5.97 Å². The Kier molecular flexibility index (Phi) is 6.39. The van der Waals surface area contributed by atoms with Crippen molar-refractivity contribution in [2.24, 2.45) is 0 Å². The second-order valence-electron chi connectivity index (χ2n) is 6.97. The van der Waals surface area contributed by atoms with Crippen LogP contribution in [0.25, 0.3) is 0 Å². The van der Waals surface area contributed by atoms with E-state index in [4.69, 9.17) is 9.47 Å². The number of hydrogen-bond donors (Lipinski definition) is 1. The molecule has 0 radical (unpaired) electrons. The van der Waals surface area contributed by atoms with E-state index in [9.17, 15) is 14.7 Å². The van der Waals surface area contributed by atoms with Crippen molar-refractivity contribution in [1.82, 2.24) is 4.90 Å². The van der Waals surface area contributed by atoms with Crippen LogP contribution in [0.4, 0.5) is 5.69 Å². The fourth-order valence-corrected chi connectivity index (χ4v) is 3.46. The zero-order chi connectivity index (χ0) is 21.0. The van der Waals surface area contributed by atoms with Crippen LogP contribution in [0.5, 0.6) is 5.75 Å². The summed E-state index contributed by atoms with van der Waals surface area (Å²) in [6.45, 7) is 2.43. The van der Waals surface area contributed by atoms with Crippen LogP contribution in [-0.4, -0.2) is 61.5 Å². The predicted molar refractivity (Wildman–Crippen MR) is 109 cm³/mol. The average molecular weight is 398 g/mol. The summed E-state index contributed by atoms with van der Waals surface area (Å²) < 4.78 is 11.2. The Morgan fingerprint density at radius 1 is 1.10 bits per heavy atom. The van der Waals surface area contributed by atoms with Crippen molar-refractivity contribution in [3.8, 4) is 5.75 Å². The van der Waals surface area contributed by atoms with Gasteiger partial charge in [-0.1, -0.05) is 24.3 Å². The average Bonchev–Trinajstić information content (AvgIpc) is 2.73. The highest BCUT2D eigenvalue weighted by Crippen LogP contribution is 2.29. The van der Waals surface area contributed by atoms with Crippen molar-refractivity contribution in [2.45, 2.75) is 25.6 Å². The van der Waals surface area contributed by atoms with Crippen LogP contribution in [0.1, 0.15) is 22.8 Å². The van der Waals surface area contributed by atoms with E-state index in [1.54, 1.807) is 31.0 Å². The topological polar surface area (TPSA) is 79.3 Å². The van der Waals surface area contributed by atoms with Gasteiger partial charge in [0.15, 0.2) is 6.10 Å². The van der Waals surface area contributed by atoms with Crippen molar-refractivity contribution in [1.29, 1.82) is 0 Å². The largest absolute Gasteiger partial charge is 0.489 e. The van der Waals surface area contributed by atoms with E-state index in [0.29, 0.717) is 30.9 Å². The quantitative estimate of drug-likeness (QED) is 0.737. The molecule has 1 heterocycles. The molecule has 0 aromatic heterocycles. The Morgan fingerprint density at radius 3 is 2.45 bits per heavy atom. The van der Waals surface area contributed by atoms with Gasteiger partial charge in [-0.15, -0.1) is 0 Å². The van der Waals surface area contributed by atoms with E-state index in [0.717, 1.165) is 11.3 Å². The maximum absolute atomic E-state index is 12.6. The predicted octanol–water partition coefficient (Wildman–Crippen LogP) is 2.65. The molecule has 0 spiro atoms. The molecule has 2 unspecified atom stereocenters. The summed E-state index contributed by atoms with van der Waals surface area (Å²) in [6, 6.07) is 14.8. The second kappa shape index (κ2) is 8.96. The van der Waals surface area contributed by atoms with E-state index < -0.39 is 12.1 Å². The third kappa shape index (κ3) is 4.51. The molecule has 0 aliphatic carbocycles. The summed E-state index contributed by atoms with van der Waals surface area (Å²) >= 11 is 0. The lowest BCUT2D eigenvalue weighted by molar-refractivity contribution is -0.149. The number of rotatable bonds is 8. The van der Waals surface area contributed by atoms with Gasteiger partial charge in [-0.2, -0.15) is 0 Å². The molecular formula is C22H26N2O5. The Hall–Kier alpha value is -3.06. The van der Waals surface area contributed by atoms with E-state index in [2.05, 4.69) is 0 Å². The van der Waals surface area contributed by atoms with Gasteiger partial charge in [-0.25, -0.2) is 4.79 Å². The Labute approximate surface area is 170 Å². The van der Waals surface area contributed by atoms with Crippen molar-refractivity contribution in [3.63, 3.8) is 0 Å². The highest BCUT2D eigenvalue weighted by atomic mass is 16.5. The maximum Gasteiger partial charge on any atom is 0.333 e. The molecule has 0 bridgehead atoms. The first kappa shape index (κ1) is 20.7. The van der Waals surface area contributed by atoms with Gasteiger partial charge < -0.3 is 24.4 Å². The van der Waals surface area contributed by atoms with E-state index >= 15 is 0 Å². The van der Waals surface area contributed by atoms with Gasteiger partial charge in [0, 0.05) is 27.1 Å². The third-order valence-corrected chi connectivity index (χ3v) is 5.12. The molecule has 1 aliphatic rings. The molecule has 3 rings (SSSR count). The molecule has 29 heavy (non-hydrogen) atoms. The van der Waals surface area contributed by atoms with E-state index in [1.807, 2.05) is 48.3 Å². The number of para-hydroxylation sites is 1. The smallest absolute Gasteiger partial charge is 0.333 e. The Bertz CT molecular complexity index is 868. The van der Waals surface area contributed by atoms with Crippen LogP contribution in [0, 0.1) is 0 Å². The lowest BCUT2D eigenvalue weighted by Crippen LogP contribution is -2.54. The zero-order valence-electron chi connectivity index (χ0n) is 16.9. The number of aliphatic carboxylic acids is 1. The second-order valence-corrected chi connectivity index (χ2v) is 6.97. The van der Waals surface area contributed by atoms with Gasteiger partial charge in [0.25, 0.3) is 5.91 Å². The fourth-order valence-electron chi connectivity index (χ4n) is 3.46. The van der Waals surface area contributed by atoms with Gasteiger partial charge in [0.05, 0.1) is 11.3 Å². The molecule has 2 aromatic carbocycles. The number of nitrogens with zero attached hydrogens (tertiary/aromatic N) is 2. The van der Waals surface area contributed by atoms with Crippen molar-refractivity contribution >= 4 is 17.6 Å². The highest BCUT2D eigenvalue weighted by molar-refractivity contribution is 6.01. The van der Waals surface area contributed by atoms with Crippen molar-refractivity contribution < 1.29 is 24.2 Å². The SMILES string of the molecule is CCOC(Cc1ccc(OCC2N(C)C(=O)c3ccccc3N2C)cc1)C(=O)O. The molecule has 0 saturated heterocycles. The molecule has 1 aliphatic heterocycles. The number of anilines is 1. The molecular weight excluding hydrogens is 372 g/mol. The molecule has 0 saturated carbocycles. The van der Waals surface area contributed by atoms with Gasteiger partial charge in [-0.3, -0.25) is 4.79 Å². The molecule has 1 amide bonds. The van der Waals surface area contributed by atoms with Gasteiger partial charge in [-0.05, 0) is 36.8 Å². The first-order chi connectivity index (χ1) is 13.9. The summed E-state index contributed by atoms with van der Waals surface area (Å²) in [7, 11) is 3.71. The first-order valence-corrected chi connectivity index (χ1v) is 9.57. The van der Waals surface area contributed by atoms with Crippen LogP contribution in [-0.2, 0) is 16.0 Å². The minimum atomic E-state index is -0.972. The van der Waals surface area contributed by atoms with E-state index in [-0.39, 0.29) is 12.1 Å². The summed E-state index contributed by atoms with van der Waals surface area (Å²) in [5.41, 5.74) is 2.42. The standard InChI is InChI=1S/C22H26N2O5/c1-4-28-19(22(26)27)13-15-9-11-16(12-10-15)29-14-20-23(2)18-8-6-5-7-17(18)21(25)24(20)3/h5-12,19-20H,4,13-14H2,1-3H3,(H,26,27). The number of carbonyl (C=O) groups is 2. The van der Waals surface area contributed by atoms with Gasteiger partial charge in [0.1, 0.15) is 18.5 Å². The molecule has 7 heteroatoms. The van der Waals surface area contributed by atoms with Crippen LogP contribution in [0.2, 0.25) is 0 Å². The Morgan fingerprint density at radius 2 is 1.79 bits per heavy atom. The third-order valence-electron chi connectivity index (χ3n) is 5.12.